The number of methoxy groups -OCH3 is 2. The van der Waals surface area contributed by atoms with Crippen molar-refractivity contribution in [2.24, 2.45) is 25.8 Å². The van der Waals surface area contributed by atoms with E-state index in [1.807, 2.05) is 150 Å². The van der Waals surface area contributed by atoms with Gasteiger partial charge in [-0.25, -0.2) is 24.0 Å². The fourth-order valence-electron chi connectivity index (χ4n) is 13.3. The van der Waals surface area contributed by atoms with Crippen molar-refractivity contribution < 1.29 is 62.4 Å². The van der Waals surface area contributed by atoms with Crippen molar-refractivity contribution in [3.8, 4) is 0 Å². The lowest BCUT2D eigenvalue weighted by Gasteiger charge is -2.37. The molecule has 0 bridgehead atoms. The van der Waals surface area contributed by atoms with Gasteiger partial charge in [-0.05, 0) is 190 Å². The van der Waals surface area contributed by atoms with E-state index in [0.29, 0.717) is 54.5 Å². The molecule has 5 atom stereocenters. The summed E-state index contributed by atoms with van der Waals surface area (Å²) in [6, 6.07) is 42.2. The minimum atomic E-state index is -1.02. The van der Waals surface area contributed by atoms with E-state index in [1.165, 1.54) is 41.2 Å². The van der Waals surface area contributed by atoms with Gasteiger partial charge >= 0.3 is 29.8 Å². The number of carbonyl (C=O) groups excluding carboxylic acids is 5. The summed E-state index contributed by atoms with van der Waals surface area (Å²) in [6.07, 6.45) is 7.91. The van der Waals surface area contributed by atoms with Crippen molar-refractivity contribution in [1.29, 1.82) is 0 Å². The molecule has 0 aliphatic carbocycles. The molecular weight excluding hydrogens is 1670 g/mol. The number of benzene rings is 7. The number of carbonyl (C=O) groups is 5. The lowest BCUT2D eigenvalue weighted by Crippen LogP contribution is -2.54. The highest BCUT2D eigenvalue weighted by Crippen LogP contribution is 2.44. The van der Waals surface area contributed by atoms with Gasteiger partial charge in [0.1, 0.15) is 15.8 Å². The minimum absolute atomic E-state index is 0.300. The highest BCUT2D eigenvalue weighted by Gasteiger charge is 2.41. The number of ether oxygens (including phenoxy) is 3. The Morgan fingerprint density at radius 1 is 0.398 bits per heavy atom. The summed E-state index contributed by atoms with van der Waals surface area (Å²) in [7, 11) is 2.94. The van der Waals surface area contributed by atoms with Crippen LogP contribution in [-0.2, 0) is 62.4 Å². The highest BCUT2D eigenvalue weighted by molar-refractivity contribution is 8.01. The summed E-state index contributed by atoms with van der Waals surface area (Å²) in [4.78, 5) is 97.7. The number of hydrogen-bond donors (Lipinski definition) is 0. The molecule has 29 heteroatoms. The minimum Gasteiger partial charge on any atom is -0.379 e. The Hall–Kier alpha value is -6.47. The molecule has 5 unspecified atom stereocenters. The largest absolute Gasteiger partial charge is 0.379 e. The Morgan fingerprint density at radius 3 is 1.04 bits per heavy atom. The molecule has 2 fully saturated rings. The fourth-order valence-corrected chi connectivity index (χ4v) is 19.8. The smallest absolute Gasteiger partial charge is 0.365 e. The second-order valence-corrected chi connectivity index (χ2v) is 42.2. The number of thioether (sulfide) groups is 6. The van der Waals surface area contributed by atoms with Gasteiger partial charge < -0.3 is 38.4 Å². The van der Waals surface area contributed by atoms with Crippen LogP contribution >= 0.6 is 105 Å². The molecule has 0 saturated carbocycles. The third-order valence-corrected chi connectivity index (χ3v) is 28.8. The number of rotatable bonds is 15. The van der Waals surface area contributed by atoms with Gasteiger partial charge in [0.05, 0.1) is 41.8 Å². The van der Waals surface area contributed by atoms with Gasteiger partial charge in [-0.15, -0.1) is 70.6 Å². The Bertz CT molecular complexity index is 4880. The zero-order chi connectivity index (χ0) is 85.6. The molecule has 0 amide bonds. The maximum atomic E-state index is 12.8. The quantitative estimate of drug-likeness (QED) is 0.0686. The summed E-state index contributed by atoms with van der Waals surface area (Å²) < 4.78 is 15.0. The third kappa shape index (κ3) is 24.1. The Morgan fingerprint density at radius 2 is 0.695 bits per heavy atom. The lowest BCUT2D eigenvalue weighted by atomic mass is 9.98. The molecule has 0 N–H and O–H groups in total. The van der Waals surface area contributed by atoms with Crippen LogP contribution in [0.25, 0.3) is 21.5 Å². The van der Waals surface area contributed by atoms with E-state index in [9.17, 15) is 24.0 Å². The van der Waals surface area contributed by atoms with Crippen molar-refractivity contribution >= 4 is 185 Å². The Kier molecular flexibility index (Phi) is 33.1. The molecule has 7 aromatic rings. The van der Waals surface area contributed by atoms with E-state index in [0.717, 1.165) is 158 Å². The standard InChI is InChI=1S/C22H26N2O3S.C19H21NO3S.C18H23ClN2O2S.C15H18ClNO3S.C15H18ClNO2S2/c1-15-14-18(20-17-7-5-4-6-16(17)8-9-19(20)28-15)23-27-21(25)22(2,3)24-10-12-26-13-11-24;1-12-11-15(20-23-18(21)19(2,3)22-4)17-14-8-6-5-7-13(14)9-10-16(17)24-12;1-12-10-15(14-11-13(19)6-7-16(14)24-12)20-23-17(22)18(2,3)21-8-4-5-9-21;1-9-7-12(17-20-14(18)15(2,3)19-4)11-8-10(16)5-6-13(11)21-9;1-9-7-12(17-19-14(18)15(2,3)20-4)11-8-10(16)5-6-13(11)21-9/h4-9,15H,10-14H2,1-3H3;5-10,12H,11H2,1-4H3;6-7,11-12H,4-5,8-10H2,1-3H3;2*5-6,8-9H,7H2,1-4H3/b23-18+;2*20-15+;2*17-12+. The fraction of sp³-hybridized carbons (Fsp3) is 0.461. The number of nitrogens with zero attached hydrogens (tertiary/aromatic N) is 7. The van der Waals surface area contributed by atoms with Gasteiger partial charge in [0.2, 0.25) is 0 Å². The Labute approximate surface area is 734 Å². The van der Waals surface area contributed by atoms with Crippen LogP contribution in [0.5, 0.6) is 0 Å². The van der Waals surface area contributed by atoms with E-state index in [-0.39, 0.29) is 17.9 Å². The third-order valence-electron chi connectivity index (χ3n) is 21.1. The van der Waals surface area contributed by atoms with Crippen molar-refractivity contribution in [3.05, 3.63) is 170 Å². The van der Waals surface area contributed by atoms with Gasteiger partial charge in [-0.3, -0.25) is 9.80 Å². The van der Waals surface area contributed by atoms with Crippen LogP contribution < -0.4 is 0 Å². The van der Waals surface area contributed by atoms with Crippen LogP contribution in [0.1, 0.15) is 177 Å². The van der Waals surface area contributed by atoms with Gasteiger partial charge in [0.15, 0.2) is 11.2 Å². The van der Waals surface area contributed by atoms with E-state index in [1.54, 1.807) is 63.0 Å². The lowest BCUT2D eigenvalue weighted by molar-refractivity contribution is -0.165. The number of fused-ring (bicyclic) bond motifs is 9. The van der Waals surface area contributed by atoms with Crippen LogP contribution in [0.15, 0.2) is 178 Å². The van der Waals surface area contributed by atoms with Gasteiger partial charge in [-0.2, -0.15) is 0 Å². The predicted molar refractivity (Wildman–Crippen MR) is 486 cm³/mol. The number of morpholine rings is 1. The van der Waals surface area contributed by atoms with Gasteiger partial charge in [0.25, 0.3) is 0 Å². The number of halogens is 3. The average Bonchev–Trinajstić information content (AvgIpc) is 0.830. The van der Waals surface area contributed by atoms with E-state index in [2.05, 4.69) is 119 Å². The summed E-state index contributed by atoms with van der Waals surface area (Å²) in [6.45, 7) is 33.2. The zero-order valence-electron chi connectivity index (χ0n) is 70.2. The number of likely N-dealkylation sites (tertiary alicyclic amines) is 1. The first kappa shape index (κ1) is 93.8. The summed E-state index contributed by atoms with van der Waals surface area (Å²) in [5.41, 5.74) is 5.59. The normalized spacial score (nSPS) is 21.2. The van der Waals surface area contributed by atoms with Gasteiger partial charge in [-0.1, -0.05) is 156 Å². The van der Waals surface area contributed by atoms with Crippen LogP contribution in [0.2, 0.25) is 15.1 Å². The molecule has 14 rings (SSSR count). The first-order valence-corrected chi connectivity index (χ1v) is 46.1. The van der Waals surface area contributed by atoms with E-state index >= 15 is 0 Å². The SMILES string of the molecule is CC1C/C(=N\OC(=O)C(C)(C)N2CCCC2)c2cc(Cl)ccc2S1.CC1C/C(=N\OC(=O)C(C)(C)N2CCOCC2)c2c(ccc3ccccc23)S1.COC(C)(C)C(=O)O/N=C1\CC(C)Sc2ccc(Cl)cc21.COC(C)(C)C(=O)O/N=C1\CC(C)Sc2ccc3ccccc3c21.CSC(C)(C)C(=O)O/N=C1\CC(C)Sc2ccc(Cl)cc21. The maximum Gasteiger partial charge on any atom is 0.365 e. The molecule has 20 nitrogen and oxygen atoms in total. The van der Waals surface area contributed by atoms with Crippen LogP contribution in [0, 0.1) is 0 Å². The van der Waals surface area contributed by atoms with Crippen molar-refractivity contribution in [1.82, 2.24) is 9.80 Å². The molecule has 0 spiro atoms. The summed E-state index contributed by atoms with van der Waals surface area (Å²) in [5.74, 6) is -1.98. The second-order valence-electron chi connectivity index (χ2n) is 32.0. The summed E-state index contributed by atoms with van der Waals surface area (Å²) >= 11 is 28.7. The molecule has 632 valence electrons. The average molecular weight is 1780 g/mol. The van der Waals surface area contributed by atoms with Crippen LogP contribution in [-0.4, -0.2) is 181 Å². The molecule has 0 radical (unpaired) electrons. The van der Waals surface area contributed by atoms with E-state index < -0.39 is 39.0 Å². The Balaban J connectivity index is 0.000000156. The predicted octanol–water partition coefficient (Wildman–Crippen LogP) is 21.3. The van der Waals surface area contributed by atoms with Crippen LogP contribution in [0.3, 0.4) is 0 Å². The van der Waals surface area contributed by atoms with Crippen molar-refractivity contribution in [2.45, 2.75) is 227 Å². The molecule has 7 heterocycles. The maximum absolute atomic E-state index is 12.8. The molecule has 2 saturated heterocycles. The molecule has 118 heavy (non-hydrogen) atoms. The summed E-state index contributed by atoms with van der Waals surface area (Å²) in [5, 5.41) is 29.5. The second kappa shape index (κ2) is 41.6. The molecule has 7 aliphatic rings. The number of hydrogen-bond acceptors (Lipinski definition) is 26. The zero-order valence-corrected chi connectivity index (χ0v) is 77.4. The highest BCUT2D eigenvalue weighted by atomic mass is 35.5. The molecule has 7 aromatic carbocycles. The van der Waals surface area contributed by atoms with Crippen LogP contribution in [0.4, 0.5) is 0 Å². The molecule has 7 aliphatic heterocycles. The van der Waals surface area contributed by atoms with Crippen molar-refractivity contribution in [2.75, 3.05) is 59.9 Å². The molecule has 0 aromatic heterocycles. The monoisotopic (exact) mass is 1780 g/mol. The number of oxime groups is 5. The van der Waals surface area contributed by atoms with Gasteiger partial charge in [0, 0.05) is 153 Å². The molecular formula is C89H106Cl3N7O13S6. The topological polar surface area (TPSA) is 227 Å². The van der Waals surface area contributed by atoms with E-state index in [4.69, 9.17) is 73.2 Å². The van der Waals surface area contributed by atoms with Crippen molar-refractivity contribution in [3.63, 3.8) is 0 Å². The first-order chi connectivity index (χ1) is 55.9. The first-order valence-electron chi connectivity index (χ1n) is 39.4.